The summed E-state index contributed by atoms with van der Waals surface area (Å²) in [5.41, 5.74) is -0.487. The van der Waals surface area contributed by atoms with Crippen LogP contribution in [0.25, 0.3) is 0 Å². The number of amides is 1. The first-order chi connectivity index (χ1) is 7.85. The summed E-state index contributed by atoms with van der Waals surface area (Å²) in [5.74, 6) is 0. The normalized spacial score (nSPS) is 16.8. The molecule has 1 saturated heterocycles. The van der Waals surface area contributed by atoms with E-state index in [1.165, 1.54) is 12.8 Å². The summed E-state index contributed by atoms with van der Waals surface area (Å²) >= 11 is 0. The number of aliphatic hydroxyl groups is 1. The molecular weight excluding hydrogens is 222 g/mol. The minimum atomic E-state index is -0.496. The highest BCUT2D eigenvalue weighted by Crippen LogP contribution is 2.06. The number of hydrogen-bond donors (Lipinski definition) is 2. The lowest BCUT2D eigenvalue weighted by atomic mass is 10.2. The molecule has 0 aromatic heterocycles. The summed E-state index contributed by atoms with van der Waals surface area (Å²) < 4.78 is 9.89. The van der Waals surface area contributed by atoms with Gasteiger partial charge in [0.15, 0.2) is 0 Å². The molecule has 0 unspecified atom stereocenters. The highest BCUT2D eigenvalue weighted by atomic mass is 16.6. The SMILES string of the molecule is C1CCOC1.C[C@H](CO)NC(=O)OC(C)(C)C. The molecule has 1 aliphatic rings. The van der Waals surface area contributed by atoms with E-state index in [2.05, 4.69) is 5.32 Å². The first kappa shape index (κ1) is 16.2. The number of hydrogen-bond acceptors (Lipinski definition) is 4. The highest BCUT2D eigenvalue weighted by molar-refractivity contribution is 5.67. The van der Waals surface area contributed by atoms with Crippen molar-refractivity contribution in [1.82, 2.24) is 5.32 Å². The van der Waals surface area contributed by atoms with Gasteiger partial charge in [0.25, 0.3) is 0 Å². The number of nitrogens with one attached hydrogen (secondary N) is 1. The Bertz CT molecular complexity index is 201. The van der Waals surface area contributed by atoms with Gasteiger partial charge in [0, 0.05) is 13.2 Å². The van der Waals surface area contributed by atoms with Crippen LogP contribution in [0.4, 0.5) is 4.79 Å². The fourth-order valence-electron chi connectivity index (χ4n) is 1.06. The minimum Gasteiger partial charge on any atom is -0.444 e. The molecule has 1 amide bonds. The molecule has 2 N–H and O–H groups in total. The summed E-state index contributed by atoms with van der Waals surface area (Å²) in [5, 5.41) is 11.1. The van der Waals surface area contributed by atoms with Gasteiger partial charge in [0.1, 0.15) is 5.60 Å². The first-order valence-corrected chi connectivity index (χ1v) is 6.03. The van der Waals surface area contributed by atoms with Crippen molar-refractivity contribution in [2.75, 3.05) is 19.8 Å². The summed E-state index contributed by atoms with van der Waals surface area (Å²) in [4.78, 5) is 11.0. The molecule has 102 valence electrons. The highest BCUT2D eigenvalue weighted by Gasteiger charge is 2.16. The molecule has 5 nitrogen and oxygen atoms in total. The molecule has 1 rings (SSSR count). The Kier molecular flexibility index (Phi) is 7.91. The zero-order valence-corrected chi connectivity index (χ0v) is 11.3. The lowest BCUT2D eigenvalue weighted by Crippen LogP contribution is -2.39. The Labute approximate surface area is 103 Å². The third kappa shape index (κ3) is 11.5. The zero-order chi connectivity index (χ0) is 13.3. The van der Waals surface area contributed by atoms with Crippen LogP contribution in [-0.2, 0) is 9.47 Å². The third-order valence-electron chi connectivity index (χ3n) is 1.86. The lowest BCUT2D eigenvalue weighted by Gasteiger charge is -2.21. The number of alkyl carbamates (subject to hydrolysis) is 1. The van der Waals surface area contributed by atoms with E-state index in [1.807, 2.05) is 0 Å². The monoisotopic (exact) mass is 247 g/mol. The Hall–Kier alpha value is -0.810. The number of ether oxygens (including phenoxy) is 2. The van der Waals surface area contributed by atoms with Crippen molar-refractivity contribution in [3.05, 3.63) is 0 Å². The second kappa shape index (κ2) is 8.31. The molecule has 0 aliphatic carbocycles. The van der Waals surface area contributed by atoms with Crippen molar-refractivity contribution in [3.8, 4) is 0 Å². The van der Waals surface area contributed by atoms with Crippen molar-refractivity contribution in [1.29, 1.82) is 0 Å². The van der Waals surface area contributed by atoms with E-state index in [9.17, 15) is 4.79 Å². The fourth-order valence-corrected chi connectivity index (χ4v) is 1.06. The van der Waals surface area contributed by atoms with Gasteiger partial charge >= 0.3 is 6.09 Å². The molecule has 0 saturated carbocycles. The molecule has 0 radical (unpaired) electrons. The van der Waals surface area contributed by atoms with E-state index < -0.39 is 11.7 Å². The van der Waals surface area contributed by atoms with Crippen LogP contribution in [-0.4, -0.2) is 42.7 Å². The predicted molar refractivity (Wildman–Crippen MR) is 66.0 cm³/mol. The van der Waals surface area contributed by atoms with Crippen molar-refractivity contribution >= 4 is 6.09 Å². The van der Waals surface area contributed by atoms with Gasteiger partial charge in [-0.05, 0) is 40.5 Å². The molecule has 1 atom stereocenters. The third-order valence-corrected chi connectivity index (χ3v) is 1.86. The topological polar surface area (TPSA) is 67.8 Å². The van der Waals surface area contributed by atoms with Crippen LogP contribution in [0.15, 0.2) is 0 Å². The Balaban J connectivity index is 0.000000419. The average Bonchev–Trinajstić information content (AvgIpc) is 2.71. The lowest BCUT2D eigenvalue weighted by molar-refractivity contribution is 0.0489. The Morgan fingerprint density at radius 1 is 1.41 bits per heavy atom. The van der Waals surface area contributed by atoms with E-state index in [4.69, 9.17) is 14.6 Å². The standard InChI is InChI=1S/C8H17NO3.C4H8O/c1-6(5-10)9-7(11)12-8(2,3)4;1-2-4-5-3-1/h6,10H,5H2,1-4H3,(H,9,11);1-4H2/t6-;/m1./s1. The molecule has 1 aliphatic heterocycles. The molecule has 17 heavy (non-hydrogen) atoms. The summed E-state index contributed by atoms with van der Waals surface area (Å²) in [6, 6.07) is -0.264. The number of carbonyl (C=O) groups is 1. The van der Waals surface area contributed by atoms with Gasteiger partial charge < -0.3 is 19.9 Å². The largest absolute Gasteiger partial charge is 0.444 e. The van der Waals surface area contributed by atoms with Gasteiger partial charge in [-0.25, -0.2) is 4.79 Å². The molecule has 0 bridgehead atoms. The maximum Gasteiger partial charge on any atom is 0.407 e. The van der Waals surface area contributed by atoms with Crippen LogP contribution < -0.4 is 5.32 Å². The quantitative estimate of drug-likeness (QED) is 0.779. The maximum atomic E-state index is 11.0. The van der Waals surface area contributed by atoms with E-state index in [0.717, 1.165) is 13.2 Å². The van der Waals surface area contributed by atoms with Gasteiger partial charge in [0.05, 0.1) is 12.6 Å². The number of rotatable bonds is 2. The predicted octanol–water partition coefficient (Wildman–Crippen LogP) is 1.69. The van der Waals surface area contributed by atoms with Crippen LogP contribution >= 0.6 is 0 Å². The van der Waals surface area contributed by atoms with Gasteiger partial charge in [-0.15, -0.1) is 0 Å². The van der Waals surface area contributed by atoms with Crippen molar-refractivity contribution in [2.45, 2.75) is 52.2 Å². The molecular formula is C12H25NO4. The van der Waals surface area contributed by atoms with E-state index in [0.29, 0.717) is 0 Å². The van der Waals surface area contributed by atoms with Crippen LogP contribution in [0, 0.1) is 0 Å². The summed E-state index contributed by atoms with van der Waals surface area (Å²) in [6.45, 7) is 8.98. The molecule has 0 aromatic rings. The van der Waals surface area contributed by atoms with Crippen LogP contribution in [0.2, 0.25) is 0 Å². The van der Waals surface area contributed by atoms with E-state index in [-0.39, 0.29) is 12.6 Å². The number of carbonyl (C=O) groups excluding carboxylic acids is 1. The molecule has 5 heteroatoms. The smallest absolute Gasteiger partial charge is 0.407 e. The summed E-state index contributed by atoms with van der Waals surface area (Å²) in [7, 11) is 0. The van der Waals surface area contributed by atoms with Crippen LogP contribution in [0.1, 0.15) is 40.5 Å². The first-order valence-electron chi connectivity index (χ1n) is 6.03. The minimum absolute atomic E-state index is 0.0841. The molecule has 1 heterocycles. The Morgan fingerprint density at radius 2 is 1.94 bits per heavy atom. The maximum absolute atomic E-state index is 11.0. The number of aliphatic hydroxyl groups excluding tert-OH is 1. The zero-order valence-electron chi connectivity index (χ0n) is 11.3. The summed E-state index contributed by atoms with van der Waals surface area (Å²) in [6.07, 6.45) is 2.06. The van der Waals surface area contributed by atoms with Gasteiger partial charge in [-0.3, -0.25) is 0 Å². The average molecular weight is 247 g/mol. The molecule has 0 aromatic carbocycles. The molecule has 0 spiro atoms. The Morgan fingerprint density at radius 3 is 2.24 bits per heavy atom. The van der Waals surface area contributed by atoms with Crippen LogP contribution in [0.3, 0.4) is 0 Å². The van der Waals surface area contributed by atoms with Gasteiger partial charge in [-0.2, -0.15) is 0 Å². The fraction of sp³-hybridized carbons (Fsp3) is 0.917. The van der Waals surface area contributed by atoms with Crippen molar-refractivity contribution < 1.29 is 19.4 Å². The van der Waals surface area contributed by atoms with E-state index >= 15 is 0 Å². The molecule has 1 fully saturated rings. The second-order valence-electron chi connectivity index (χ2n) is 5.05. The second-order valence-corrected chi connectivity index (χ2v) is 5.05. The van der Waals surface area contributed by atoms with Crippen LogP contribution in [0.5, 0.6) is 0 Å². The van der Waals surface area contributed by atoms with Crippen molar-refractivity contribution in [2.24, 2.45) is 0 Å². The van der Waals surface area contributed by atoms with Gasteiger partial charge in [-0.1, -0.05) is 0 Å². The van der Waals surface area contributed by atoms with E-state index in [1.54, 1.807) is 27.7 Å². The van der Waals surface area contributed by atoms with Crippen molar-refractivity contribution in [3.63, 3.8) is 0 Å². The van der Waals surface area contributed by atoms with Gasteiger partial charge in [0.2, 0.25) is 0 Å².